The van der Waals surface area contributed by atoms with Gasteiger partial charge in [0.1, 0.15) is 0 Å². The Morgan fingerprint density at radius 3 is 1.68 bits per heavy atom. The summed E-state index contributed by atoms with van der Waals surface area (Å²) in [5.41, 5.74) is 8.46. The zero-order chi connectivity index (χ0) is 23.2. The zero-order valence-corrected chi connectivity index (χ0v) is 19.5. The van der Waals surface area contributed by atoms with E-state index in [0.717, 1.165) is 50.3 Å². The van der Waals surface area contributed by atoms with Crippen LogP contribution in [0.25, 0.3) is 50.3 Å². The van der Waals surface area contributed by atoms with E-state index in [9.17, 15) is 0 Å². The van der Waals surface area contributed by atoms with E-state index in [1.165, 1.54) is 5.56 Å². The van der Waals surface area contributed by atoms with E-state index in [4.69, 9.17) is 9.97 Å². The van der Waals surface area contributed by atoms with Gasteiger partial charge in [-0.05, 0) is 61.0 Å². The summed E-state index contributed by atoms with van der Waals surface area (Å²) >= 11 is 0. The quantitative estimate of drug-likeness (QED) is 0.271. The van der Waals surface area contributed by atoms with E-state index >= 15 is 0 Å². The molecule has 0 saturated heterocycles. The Bertz CT molecular complexity index is 1830. The SMILES string of the molecule is CC.Cc1ccc2c(c1)n1c3ccccc3nc1n(-c1ccccc1)c1nc3ccccc3n21. The Labute approximate surface area is 197 Å². The molecule has 0 aliphatic rings. The highest BCUT2D eigenvalue weighted by atomic mass is 15.3. The van der Waals surface area contributed by atoms with Crippen LogP contribution in [0.5, 0.6) is 0 Å². The first kappa shape index (κ1) is 20.2. The van der Waals surface area contributed by atoms with Crippen molar-refractivity contribution >= 4 is 44.7 Å². The molecule has 7 aromatic rings. The summed E-state index contributed by atoms with van der Waals surface area (Å²) in [5.74, 6) is 1.66. The van der Waals surface area contributed by atoms with E-state index in [1.807, 2.05) is 32.0 Å². The van der Waals surface area contributed by atoms with Crippen LogP contribution in [0, 0.1) is 6.92 Å². The van der Waals surface area contributed by atoms with E-state index < -0.39 is 0 Å². The maximum atomic E-state index is 5.10. The monoisotopic (exact) mass is 443 g/mol. The molecule has 3 aromatic heterocycles. The average Bonchev–Trinajstić information content (AvgIpc) is 3.42. The van der Waals surface area contributed by atoms with Crippen molar-refractivity contribution < 1.29 is 0 Å². The fourth-order valence-corrected chi connectivity index (χ4v) is 4.70. The van der Waals surface area contributed by atoms with Crippen molar-refractivity contribution in [3.8, 4) is 5.69 Å². The first-order valence-corrected chi connectivity index (χ1v) is 11.7. The van der Waals surface area contributed by atoms with Crippen LogP contribution in [-0.4, -0.2) is 23.3 Å². The topological polar surface area (TPSA) is 39.5 Å². The number of fused-ring (bicyclic) bond motifs is 9. The van der Waals surface area contributed by atoms with Gasteiger partial charge in [-0.25, -0.2) is 14.5 Å². The zero-order valence-electron chi connectivity index (χ0n) is 19.5. The second-order valence-electron chi connectivity index (χ2n) is 8.13. The predicted molar refractivity (Wildman–Crippen MR) is 141 cm³/mol. The molecule has 0 amide bonds. The van der Waals surface area contributed by atoms with E-state index in [2.05, 4.69) is 99.2 Å². The molecule has 34 heavy (non-hydrogen) atoms. The van der Waals surface area contributed by atoms with Crippen molar-refractivity contribution in [2.24, 2.45) is 0 Å². The van der Waals surface area contributed by atoms with E-state index in [1.54, 1.807) is 0 Å². The van der Waals surface area contributed by atoms with Gasteiger partial charge in [-0.2, -0.15) is 0 Å². The standard InChI is InChI=1S/C27H19N5.C2H6/c1-18-15-16-24-25(17-18)32-23-14-8-6-12-21(23)29-27(32)30(19-9-3-2-4-10-19)26-28-20-11-5-7-13-22(20)31(24)26;1-2/h2-17H,1H3;1-2H3. The number of nitrogens with zero attached hydrogens (tertiary/aromatic N) is 5. The second-order valence-corrected chi connectivity index (χ2v) is 8.13. The van der Waals surface area contributed by atoms with Crippen LogP contribution in [0.15, 0.2) is 97.1 Å². The molecule has 7 rings (SSSR count). The third-order valence-corrected chi connectivity index (χ3v) is 6.11. The average molecular weight is 444 g/mol. The summed E-state index contributed by atoms with van der Waals surface area (Å²) in [4.78, 5) is 10.2. The molecule has 0 atom stereocenters. The number of imidazole rings is 2. The molecule has 0 saturated carbocycles. The molecule has 4 aromatic carbocycles. The van der Waals surface area contributed by atoms with Gasteiger partial charge in [0.15, 0.2) is 0 Å². The first-order chi connectivity index (χ1) is 16.8. The van der Waals surface area contributed by atoms with Crippen molar-refractivity contribution in [2.45, 2.75) is 20.8 Å². The van der Waals surface area contributed by atoms with Gasteiger partial charge in [0, 0.05) is 0 Å². The highest BCUT2D eigenvalue weighted by Crippen LogP contribution is 2.29. The summed E-state index contributed by atoms with van der Waals surface area (Å²) in [7, 11) is 0. The van der Waals surface area contributed by atoms with Gasteiger partial charge >= 0.3 is 0 Å². The normalized spacial score (nSPS) is 11.4. The number of para-hydroxylation sites is 5. The van der Waals surface area contributed by atoms with Gasteiger partial charge in [0.25, 0.3) is 0 Å². The third-order valence-electron chi connectivity index (χ3n) is 6.11. The summed E-state index contributed by atoms with van der Waals surface area (Å²) < 4.78 is 6.67. The molecule has 0 aliphatic carbocycles. The molecule has 166 valence electrons. The van der Waals surface area contributed by atoms with Crippen LogP contribution in [0.4, 0.5) is 0 Å². The molecule has 0 bridgehead atoms. The van der Waals surface area contributed by atoms with Crippen molar-refractivity contribution in [3.05, 3.63) is 103 Å². The maximum absolute atomic E-state index is 5.10. The lowest BCUT2D eigenvalue weighted by atomic mass is 10.2. The van der Waals surface area contributed by atoms with E-state index in [0.29, 0.717) is 0 Å². The molecular formula is C29H25N5. The van der Waals surface area contributed by atoms with Crippen LogP contribution in [0.3, 0.4) is 0 Å². The van der Waals surface area contributed by atoms with Crippen LogP contribution in [0.2, 0.25) is 0 Å². The van der Waals surface area contributed by atoms with Gasteiger partial charge in [-0.3, -0.25) is 8.80 Å². The highest BCUT2D eigenvalue weighted by Gasteiger charge is 2.18. The highest BCUT2D eigenvalue weighted by molar-refractivity contribution is 5.93. The Balaban J connectivity index is 0.00000106. The first-order valence-electron chi connectivity index (χ1n) is 11.7. The van der Waals surface area contributed by atoms with Crippen LogP contribution < -0.4 is 0 Å². The van der Waals surface area contributed by atoms with Gasteiger partial charge < -0.3 is 0 Å². The Hall–Kier alpha value is -4.38. The number of hydrogen-bond donors (Lipinski definition) is 0. The largest absolute Gasteiger partial charge is 0.276 e. The molecule has 5 nitrogen and oxygen atoms in total. The summed E-state index contributed by atoms with van der Waals surface area (Å²) in [6, 6.07) is 33.5. The Kier molecular flexibility index (Phi) is 4.69. The third kappa shape index (κ3) is 2.87. The van der Waals surface area contributed by atoms with Crippen molar-refractivity contribution in [1.82, 2.24) is 23.3 Å². The van der Waals surface area contributed by atoms with Crippen molar-refractivity contribution in [2.75, 3.05) is 0 Å². The summed E-state index contributed by atoms with van der Waals surface area (Å²) in [6.07, 6.45) is 0. The lowest BCUT2D eigenvalue weighted by molar-refractivity contribution is 1.03. The molecule has 0 spiro atoms. The lowest BCUT2D eigenvalue weighted by Gasteiger charge is -2.06. The molecule has 0 N–H and O–H groups in total. The van der Waals surface area contributed by atoms with Gasteiger partial charge in [-0.1, -0.05) is 62.4 Å². The second kappa shape index (κ2) is 7.89. The number of benzene rings is 4. The Morgan fingerprint density at radius 2 is 1.06 bits per heavy atom. The molecule has 0 fully saturated rings. The predicted octanol–water partition coefficient (Wildman–Crippen LogP) is 7.13. The molecular weight excluding hydrogens is 418 g/mol. The van der Waals surface area contributed by atoms with Crippen molar-refractivity contribution in [1.29, 1.82) is 0 Å². The maximum Gasteiger partial charge on any atom is 0.223 e. The molecule has 0 aliphatic heterocycles. The fourth-order valence-electron chi connectivity index (χ4n) is 4.70. The smallest absolute Gasteiger partial charge is 0.223 e. The minimum atomic E-state index is 0.830. The Morgan fingerprint density at radius 1 is 0.529 bits per heavy atom. The number of aryl methyl sites for hydroxylation is 1. The molecule has 5 heteroatoms. The van der Waals surface area contributed by atoms with Crippen LogP contribution in [-0.2, 0) is 0 Å². The van der Waals surface area contributed by atoms with Gasteiger partial charge in [0.2, 0.25) is 11.6 Å². The minimum Gasteiger partial charge on any atom is -0.276 e. The lowest BCUT2D eigenvalue weighted by Crippen LogP contribution is -2.01. The summed E-state index contributed by atoms with van der Waals surface area (Å²) in [6.45, 7) is 6.13. The fraction of sp³-hybridized carbons (Fsp3) is 0.103. The van der Waals surface area contributed by atoms with Gasteiger partial charge in [-0.15, -0.1) is 0 Å². The molecule has 0 radical (unpaired) electrons. The van der Waals surface area contributed by atoms with Crippen LogP contribution >= 0.6 is 0 Å². The molecule has 3 heterocycles. The van der Waals surface area contributed by atoms with E-state index in [-0.39, 0.29) is 0 Å². The minimum absolute atomic E-state index is 0.830. The molecule has 0 unspecified atom stereocenters. The van der Waals surface area contributed by atoms with Crippen molar-refractivity contribution in [3.63, 3.8) is 0 Å². The number of aromatic nitrogens is 5. The number of rotatable bonds is 1. The number of hydrogen-bond acceptors (Lipinski definition) is 2. The van der Waals surface area contributed by atoms with Crippen LogP contribution in [0.1, 0.15) is 19.4 Å². The van der Waals surface area contributed by atoms with Gasteiger partial charge in [0.05, 0.1) is 38.8 Å². The summed E-state index contributed by atoms with van der Waals surface area (Å²) in [5, 5.41) is 0.